The molecule has 0 aliphatic heterocycles. The molecule has 0 saturated heterocycles. The quantitative estimate of drug-likeness (QED) is 0.641. The number of nitrogens with one attached hydrogen (secondary N) is 1. The first kappa shape index (κ1) is 17.5. The van der Waals surface area contributed by atoms with Gasteiger partial charge in [-0.3, -0.25) is 4.79 Å². The number of rotatable bonds is 6. The Kier molecular flexibility index (Phi) is 4.98. The van der Waals surface area contributed by atoms with Gasteiger partial charge in [-0.25, -0.2) is 0 Å². The molecule has 0 bridgehead atoms. The average Bonchev–Trinajstić information content (AvgIpc) is 3.19. The SMILES string of the molecule is O=C(NCc1ccc(-c2noc(Cc3c(Cl)cccc3Cl)n2)s1)C1CC1. The van der Waals surface area contributed by atoms with Crippen LogP contribution in [-0.4, -0.2) is 16.0 Å². The van der Waals surface area contributed by atoms with E-state index >= 15 is 0 Å². The van der Waals surface area contributed by atoms with Crippen molar-refractivity contribution in [3.63, 3.8) is 0 Å². The van der Waals surface area contributed by atoms with Gasteiger partial charge >= 0.3 is 0 Å². The lowest BCUT2D eigenvalue weighted by Gasteiger charge is -2.02. The zero-order chi connectivity index (χ0) is 18.1. The molecule has 0 atom stereocenters. The first-order chi connectivity index (χ1) is 12.6. The van der Waals surface area contributed by atoms with E-state index in [-0.39, 0.29) is 11.8 Å². The number of benzene rings is 1. The molecule has 1 aromatic carbocycles. The van der Waals surface area contributed by atoms with Crippen LogP contribution < -0.4 is 5.32 Å². The molecule has 1 aliphatic carbocycles. The van der Waals surface area contributed by atoms with Crippen molar-refractivity contribution in [1.82, 2.24) is 15.5 Å². The minimum atomic E-state index is 0.137. The van der Waals surface area contributed by atoms with Crippen LogP contribution in [-0.2, 0) is 17.8 Å². The first-order valence-electron chi connectivity index (χ1n) is 8.22. The Morgan fingerprint density at radius 1 is 1.23 bits per heavy atom. The van der Waals surface area contributed by atoms with Gasteiger partial charge in [-0.1, -0.05) is 34.4 Å². The molecule has 0 spiro atoms. The molecule has 1 aliphatic rings. The summed E-state index contributed by atoms with van der Waals surface area (Å²) in [5.41, 5.74) is 0.765. The van der Waals surface area contributed by atoms with Crippen molar-refractivity contribution in [3.8, 4) is 10.7 Å². The Bertz CT molecular complexity index is 929. The summed E-state index contributed by atoms with van der Waals surface area (Å²) in [6, 6.07) is 9.25. The van der Waals surface area contributed by atoms with Crippen molar-refractivity contribution >= 4 is 40.4 Å². The Morgan fingerprint density at radius 3 is 2.73 bits per heavy atom. The number of halogens is 2. The monoisotopic (exact) mass is 407 g/mol. The van der Waals surface area contributed by atoms with Crippen LogP contribution in [0.2, 0.25) is 10.0 Å². The molecule has 0 radical (unpaired) electrons. The topological polar surface area (TPSA) is 68.0 Å². The molecule has 2 aromatic heterocycles. The molecule has 0 unspecified atom stereocenters. The number of hydrogen-bond acceptors (Lipinski definition) is 5. The minimum Gasteiger partial charge on any atom is -0.351 e. The number of carbonyl (C=O) groups excluding carboxylic acids is 1. The number of hydrogen-bond donors (Lipinski definition) is 1. The molecular weight excluding hydrogens is 393 g/mol. The Hall–Kier alpha value is -1.89. The van der Waals surface area contributed by atoms with Crippen molar-refractivity contribution in [1.29, 1.82) is 0 Å². The second kappa shape index (κ2) is 7.39. The number of carbonyl (C=O) groups is 1. The number of amides is 1. The van der Waals surface area contributed by atoms with E-state index in [0.717, 1.165) is 28.2 Å². The minimum absolute atomic E-state index is 0.137. The Labute approximate surface area is 164 Å². The average molecular weight is 408 g/mol. The lowest BCUT2D eigenvalue weighted by atomic mass is 10.1. The third-order valence-electron chi connectivity index (χ3n) is 4.12. The van der Waals surface area contributed by atoms with Crippen LogP contribution in [0.5, 0.6) is 0 Å². The molecule has 2 heterocycles. The van der Waals surface area contributed by atoms with Crippen molar-refractivity contribution in [2.24, 2.45) is 5.92 Å². The summed E-state index contributed by atoms with van der Waals surface area (Å²) in [7, 11) is 0. The van der Waals surface area contributed by atoms with Crippen LogP contribution in [0.3, 0.4) is 0 Å². The second-order valence-corrected chi connectivity index (χ2v) is 8.13. The third-order valence-corrected chi connectivity index (χ3v) is 5.91. The fourth-order valence-corrected chi connectivity index (χ4v) is 3.94. The summed E-state index contributed by atoms with van der Waals surface area (Å²) < 4.78 is 5.34. The lowest BCUT2D eigenvalue weighted by molar-refractivity contribution is -0.122. The van der Waals surface area contributed by atoms with Gasteiger partial charge in [0.15, 0.2) is 0 Å². The fourth-order valence-electron chi connectivity index (χ4n) is 2.54. The van der Waals surface area contributed by atoms with Gasteiger partial charge < -0.3 is 9.84 Å². The number of thiophene rings is 1. The van der Waals surface area contributed by atoms with Crippen molar-refractivity contribution < 1.29 is 9.32 Å². The van der Waals surface area contributed by atoms with E-state index in [2.05, 4.69) is 15.5 Å². The van der Waals surface area contributed by atoms with Crippen molar-refractivity contribution in [2.45, 2.75) is 25.8 Å². The first-order valence-corrected chi connectivity index (χ1v) is 9.79. The molecule has 1 saturated carbocycles. The van der Waals surface area contributed by atoms with Gasteiger partial charge in [0.25, 0.3) is 0 Å². The Morgan fingerprint density at radius 2 is 2.00 bits per heavy atom. The van der Waals surface area contributed by atoms with E-state index in [1.165, 1.54) is 11.3 Å². The summed E-state index contributed by atoms with van der Waals surface area (Å²) in [5.74, 6) is 1.32. The van der Waals surface area contributed by atoms with E-state index < -0.39 is 0 Å². The van der Waals surface area contributed by atoms with Crippen LogP contribution in [0.4, 0.5) is 0 Å². The van der Waals surface area contributed by atoms with Gasteiger partial charge in [0.1, 0.15) is 0 Å². The van der Waals surface area contributed by atoms with Gasteiger partial charge in [0, 0.05) is 20.8 Å². The Balaban J connectivity index is 1.43. The second-order valence-electron chi connectivity index (χ2n) is 6.15. The van der Waals surface area contributed by atoms with E-state index in [0.29, 0.717) is 34.7 Å². The largest absolute Gasteiger partial charge is 0.351 e. The normalized spacial score (nSPS) is 13.8. The molecule has 1 amide bonds. The molecule has 3 aromatic rings. The molecule has 26 heavy (non-hydrogen) atoms. The zero-order valence-electron chi connectivity index (χ0n) is 13.7. The molecule has 1 N–H and O–H groups in total. The van der Waals surface area contributed by atoms with Crippen LogP contribution in [0.1, 0.15) is 29.2 Å². The zero-order valence-corrected chi connectivity index (χ0v) is 16.0. The lowest BCUT2D eigenvalue weighted by Crippen LogP contribution is -2.23. The predicted octanol–water partition coefficient (Wildman–Crippen LogP) is 4.72. The van der Waals surface area contributed by atoms with Crippen LogP contribution >= 0.6 is 34.5 Å². The van der Waals surface area contributed by atoms with Gasteiger partial charge in [-0.05, 0) is 42.7 Å². The van der Waals surface area contributed by atoms with Crippen molar-refractivity contribution in [3.05, 3.63) is 56.7 Å². The smallest absolute Gasteiger partial charge is 0.231 e. The third kappa shape index (κ3) is 3.92. The molecule has 4 rings (SSSR count). The summed E-state index contributed by atoms with van der Waals surface area (Å²) in [6.45, 7) is 0.528. The van der Waals surface area contributed by atoms with E-state index in [9.17, 15) is 4.79 Å². The summed E-state index contributed by atoms with van der Waals surface area (Å²) in [5, 5.41) is 8.14. The van der Waals surface area contributed by atoms with Gasteiger partial charge in [-0.15, -0.1) is 11.3 Å². The highest BCUT2D eigenvalue weighted by Crippen LogP contribution is 2.30. The van der Waals surface area contributed by atoms with Gasteiger partial charge in [0.05, 0.1) is 17.8 Å². The molecule has 5 nitrogen and oxygen atoms in total. The van der Waals surface area contributed by atoms with Gasteiger partial charge in [0.2, 0.25) is 17.6 Å². The highest BCUT2D eigenvalue weighted by atomic mass is 35.5. The maximum absolute atomic E-state index is 11.7. The summed E-state index contributed by atoms with van der Waals surface area (Å²) in [4.78, 5) is 18.1. The van der Waals surface area contributed by atoms with Crippen LogP contribution in [0.25, 0.3) is 10.7 Å². The predicted molar refractivity (Wildman–Crippen MR) is 101 cm³/mol. The molecular formula is C18H15Cl2N3O2S. The van der Waals surface area contributed by atoms with Crippen LogP contribution in [0.15, 0.2) is 34.9 Å². The molecule has 1 fully saturated rings. The fraction of sp³-hybridized carbons (Fsp3) is 0.278. The number of aromatic nitrogens is 2. The van der Waals surface area contributed by atoms with Gasteiger partial charge in [-0.2, -0.15) is 4.98 Å². The molecule has 8 heteroatoms. The molecule has 134 valence electrons. The van der Waals surface area contributed by atoms with Crippen molar-refractivity contribution in [2.75, 3.05) is 0 Å². The highest BCUT2D eigenvalue weighted by Gasteiger charge is 2.29. The summed E-state index contributed by atoms with van der Waals surface area (Å²) in [6.07, 6.45) is 2.38. The van der Waals surface area contributed by atoms with Crippen LogP contribution in [0, 0.1) is 5.92 Å². The number of nitrogens with zero attached hydrogens (tertiary/aromatic N) is 2. The van der Waals surface area contributed by atoms with E-state index in [1.54, 1.807) is 18.2 Å². The van der Waals surface area contributed by atoms with E-state index in [1.807, 2.05) is 12.1 Å². The highest BCUT2D eigenvalue weighted by molar-refractivity contribution is 7.15. The van der Waals surface area contributed by atoms with E-state index in [4.69, 9.17) is 27.7 Å². The summed E-state index contributed by atoms with van der Waals surface area (Å²) >= 11 is 13.9. The maximum Gasteiger partial charge on any atom is 0.231 e. The maximum atomic E-state index is 11.7. The standard InChI is InChI=1S/C18H15Cl2N3O2S/c19-13-2-1-3-14(20)12(13)8-16-22-17(23-25-16)15-7-6-11(26-15)9-21-18(24)10-4-5-10/h1-3,6-7,10H,4-5,8-9H2,(H,21,24).